The SMILES string of the molecule is CCSc1cccc(NCCN2CCCCC2)c1C#N. The van der Waals surface area contributed by atoms with Gasteiger partial charge >= 0.3 is 0 Å². The Hall–Kier alpha value is -1.18. The van der Waals surface area contributed by atoms with Gasteiger partial charge in [0.1, 0.15) is 6.07 Å². The zero-order valence-electron chi connectivity index (χ0n) is 12.2. The summed E-state index contributed by atoms with van der Waals surface area (Å²) in [6.07, 6.45) is 4.02. The molecule has 1 aromatic rings. The zero-order chi connectivity index (χ0) is 14.2. The highest BCUT2D eigenvalue weighted by atomic mass is 32.2. The smallest absolute Gasteiger partial charge is 0.102 e. The largest absolute Gasteiger partial charge is 0.383 e. The van der Waals surface area contributed by atoms with Gasteiger partial charge in [0.25, 0.3) is 0 Å². The van der Waals surface area contributed by atoms with E-state index in [0.29, 0.717) is 0 Å². The average Bonchev–Trinajstić information content (AvgIpc) is 2.49. The lowest BCUT2D eigenvalue weighted by Crippen LogP contribution is -2.33. The predicted octanol–water partition coefficient (Wildman–Crippen LogP) is 3.57. The van der Waals surface area contributed by atoms with Crippen molar-refractivity contribution in [3.05, 3.63) is 23.8 Å². The van der Waals surface area contributed by atoms with E-state index in [0.717, 1.165) is 35.0 Å². The number of likely N-dealkylation sites (tertiary alicyclic amines) is 1. The molecule has 20 heavy (non-hydrogen) atoms. The monoisotopic (exact) mass is 289 g/mol. The van der Waals surface area contributed by atoms with Gasteiger partial charge in [0.05, 0.1) is 11.3 Å². The molecule has 1 fully saturated rings. The maximum atomic E-state index is 9.36. The standard InChI is InChI=1S/C16H23N3S/c1-2-20-16-8-6-7-15(14(16)13-17)18-9-12-19-10-4-3-5-11-19/h6-8,18H,2-5,9-12H2,1H3. The number of hydrogen-bond acceptors (Lipinski definition) is 4. The third-order valence-electron chi connectivity index (χ3n) is 3.63. The second kappa shape index (κ2) is 8.18. The Balaban J connectivity index is 1.91. The van der Waals surface area contributed by atoms with Gasteiger partial charge in [0.15, 0.2) is 0 Å². The summed E-state index contributed by atoms with van der Waals surface area (Å²) < 4.78 is 0. The minimum Gasteiger partial charge on any atom is -0.383 e. The molecule has 0 atom stereocenters. The summed E-state index contributed by atoms with van der Waals surface area (Å²) in [4.78, 5) is 3.59. The number of thioether (sulfide) groups is 1. The van der Waals surface area contributed by atoms with E-state index in [9.17, 15) is 5.26 Å². The van der Waals surface area contributed by atoms with Gasteiger partial charge in [-0.15, -0.1) is 11.8 Å². The van der Waals surface area contributed by atoms with Crippen molar-refractivity contribution in [1.82, 2.24) is 4.90 Å². The fraction of sp³-hybridized carbons (Fsp3) is 0.562. The van der Waals surface area contributed by atoms with Crippen molar-refractivity contribution in [3.8, 4) is 6.07 Å². The van der Waals surface area contributed by atoms with Gasteiger partial charge in [-0.3, -0.25) is 0 Å². The first-order valence-corrected chi connectivity index (χ1v) is 8.46. The van der Waals surface area contributed by atoms with Gasteiger partial charge in [0, 0.05) is 18.0 Å². The lowest BCUT2D eigenvalue weighted by atomic mass is 10.1. The van der Waals surface area contributed by atoms with Crippen molar-refractivity contribution in [2.75, 3.05) is 37.2 Å². The molecular formula is C16H23N3S. The summed E-state index contributed by atoms with van der Waals surface area (Å²) in [5, 5.41) is 12.8. The Bertz CT molecular complexity index is 461. The zero-order valence-corrected chi connectivity index (χ0v) is 13.0. The molecule has 1 saturated heterocycles. The van der Waals surface area contributed by atoms with E-state index >= 15 is 0 Å². The van der Waals surface area contributed by atoms with Crippen LogP contribution in [-0.4, -0.2) is 36.8 Å². The van der Waals surface area contributed by atoms with Gasteiger partial charge < -0.3 is 10.2 Å². The molecule has 1 heterocycles. The Labute approximate surface area is 126 Å². The van der Waals surface area contributed by atoms with Crippen molar-refractivity contribution in [2.24, 2.45) is 0 Å². The van der Waals surface area contributed by atoms with E-state index in [-0.39, 0.29) is 0 Å². The van der Waals surface area contributed by atoms with Crippen LogP contribution < -0.4 is 5.32 Å². The number of nitrogens with one attached hydrogen (secondary N) is 1. The third kappa shape index (κ3) is 4.16. The molecule has 1 aliphatic heterocycles. The lowest BCUT2D eigenvalue weighted by molar-refractivity contribution is 0.237. The van der Waals surface area contributed by atoms with Gasteiger partial charge in [-0.25, -0.2) is 0 Å². The van der Waals surface area contributed by atoms with Crippen LogP contribution in [0.15, 0.2) is 23.1 Å². The molecule has 0 aromatic heterocycles. The van der Waals surface area contributed by atoms with Crippen LogP contribution in [-0.2, 0) is 0 Å². The van der Waals surface area contributed by atoms with Crippen molar-refractivity contribution < 1.29 is 0 Å². The number of hydrogen-bond donors (Lipinski definition) is 1. The summed E-state index contributed by atoms with van der Waals surface area (Å²) in [7, 11) is 0. The summed E-state index contributed by atoms with van der Waals surface area (Å²) in [6, 6.07) is 8.41. The number of piperidine rings is 1. The number of benzene rings is 1. The van der Waals surface area contributed by atoms with E-state index < -0.39 is 0 Å². The summed E-state index contributed by atoms with van der Waals surface area (Å²) in [6.45, 7) is 6.53. The van der Waals surface area contributed by atoms with E-state index in [1.807, 2.05) is 18.2 Å². The minimum absolute atomic E-state index is 0.790. The van der Waals surface area contributed by atoms with Crippen molar-refractivity contribution in [3.63, 3.8) is 0 Å². The van der Waals surface area contributed by atoms with Crippen molar-refractivity contribution >= 4 is 17.4 Å². The van der Waals surface area contributed by atoms with Crippen molar-refractivity contribution in [1.29, 1.82) is 5.26 Å². The number of anilines is 1. The van der Waals surface area contributed by atoms with E-state index in [1.165, 1.54) is 32.4 Å². The topological polar surface area (TPSA) is 39.1 Å². The highest BCUT2D eigenvalue weighted by molar-refractivity contribution is 7.99. The predicted molar refractivity (Wildman–Crippen MR) is 86.3 cm³/mol. The van der Waals surface area contributed by atoms with Crippen LogP contribution in [0.3, 0.4) is 0 Å². The molecule has 1 N–H and O–H groups in total. The number of nitriles is 1. The minimum atomic E-state index is 0.790. The quantitative estimate of drug-likeness (QED) is 0.813. The first-order chi connectivity index (χ1) is 9.85. The molecule has 0 spiro atoms. The molecule has 0 aliphatic carbocycles. The highest BCUT2D eigenvalue weighted by Crippen LogP contribution is 2.27. The van der Waals surface area contributed by atoms with Crippen LogP contribution in [0.1, 0.15) is 31.7 Å². The van der Waals surface area contributed by atoms with Gasteiger partial charge in [-0.05, 0) is 43.8 Å². The lowest BCUT2D eigenvalue weighted by Gasteiger charge is -2.26. The molecule has 1 aromatic carbocycles. The molecule has 4 heteroatoms. The maximum absolute atomic E-state index is 9.36. The molecule has 108 valence electrons. The highest BCUT2D eigenvalue weighted by Gasteiger charge is 2.11. The fourth-order valence-electron chi connectivity index (χ4n) is 2.60. The van der Waals surface area contributed by atoms with Gasteiger partial charge in [0.2, 0.25) is 0 Å². The third-order valence-corrected chi connectivity index (χ3v) is 4.57. The maximum Gasteiger partial charge on any atom is 0.102 e. The fourth-order valence-corrected chi connectivity index (χ4v) is 3.39. The normalized spacial score (nSPS) is 15.8. The molecule has 2 rings (SSSR count). The molecule has 0 saturated carbocycles. The molecule has 0 unspecified atom stereocenters. The van der Waals surface area contributed by atoms with Gasteiger partial charge in [-0.2, -0.15) is 5.26 Å². The molecular weight excluding hydrogens is 266 g/mol. The summed E-state index contributed by atoms with van der Waals surface area (Å²) >= 11 is 1.73. The Morgan fingerprint density at radius 2 is 2.10 bits per heavy atom. The van der Waals surface area contributed by atoms with Crippen LogP contribution in [0.25, 0.3) is 0 Å². The van der Waals surface area contributed by atoms with Crippen LogP contribution in [0.5, 0.6) is 0 Å². The molecule has 0 bridgehead atoms. The van der Waals surface area contributed by atoms with Crippen LogP contribution in [0.2, 0.25) is 0 Å². The Morgan fingerprint density at radius 1 is 1.30 bits per heavy atom. The van der Waals surface area contributed by atoms with E-state index in [2.05, 4.69) is 23.2 Å². The van der Waals surface area contributed by atoms with Crippen LogP contribution in [0.4, 0.5) is 5.69 Å². The molecule has 3 nitrogen and oxygen atoms in total. The first-order valence-electron chi connectivity index (χ1n) is 7.47. The first kappa shape index (κ1) is 15.2. The number of rotatable bonds is 6. The second-order valence-electron chi connectivity index (χ2n) is 5.05. The Morgan fingerprint density at radius 3 is 2.80 bits per heavy atom. The molecule has 1 aliphatic rings. The molecule has 0 amide bonds. The second-order valence-corrected chi connectivity index (χ2v) is 6.36. The summed E-state index contributed by atoms with van der Waals surface area (Å²) in [5.41, 5.74) is 1.76. The van der Waals surface area contributed by atoms with Crippen molar-refractivity contribution in [2.45, 2.75) is 31.1 Å². The van der Waals surface area contributed by atoms with E-state index in [4.69, 9.17) is 0 Å². The Kier molecular flexibility index (Phi) is 6.23. The van der Waals surface area contributed by atoms with Crippen LogP contribution >= 0.6 is 11.8 Å². The van der Waals surface area contributed by atoms with Gasteiger partial charge in [-0.1, -0.05) is 19.4 Å². The number of nitrogens with zero attached hydrogens (tertiary/aromatic N) is 2. The molecule has 0 radical (unpaired) electrons. The van der Waals surface area contributed by atoms with Crippen LogP contribution in [0, 0.1) is 11.3 Å². The summed E-state index contributed by atoms with van der Waals surface area (Å²) in [5.74, 6) is 0.992. The average molecular weight is 289 g/mol. The van der Waals surface area contributed by atoms with E-state index in [1.54, 1.807) is 11.8 Å².